The average Bonchev–Trinajstić information content (AvgIpc) is 2.37. The molecule has 1 N–H and O–H groups in total. The second-order valence-corrected chi connectivity index (χ2v) is 6.51. The van der Waals surface area contributed by atoms with Gasteiger partial charge in [-0.1, -0.05) is 0 Å². The van der Waals surface area contributed by atoms with Crippen LogP contribution >= 0.6 is 0 Å². The van der Waals surface area contributed by atoms with E-state index in [9.17, 15) is 13.2 Å². The Morgan fingerprint density at radius 1 is 1.50 bits per heavy atom. The highest BCUT2D eigenvalue weighted by Crippen LogP contribution is 2.19. The van der Waals surface area contributed by atoms with E-state index in [4.69, 9.17) is 9.84 Å². The molecule has 0 bridgehead atoms. The third-order valence-electron chi connectivity index (χ3n) is 3.00. The Balaban J connectivity index is 2.49. The van der Waals surface area contributed by atoms with Crippen molar-refractivity contribution in [3.8, 4) is 0 Å². The summed E-state index contributed by atoms with van der Waals surface area (Å²) in [4.78, 5) is 11.1. The minimum absolute atomic E-state index is 0.00387. The zero-order chi connectivity index (χ0) is 13.6. The molecular formula is C11H21NO5S. The third kappa shape index (κ3) is 4.55. The van der Waals surface area contributed by atoms with Crippen LogP contribution in [0.2, 0.25) is 0 Å². The van der Waals surface area contributed by atoms with E-state index in [0.29, 0.717) is 13.1 Å². The summed E-state index contributed by atoms with van der Waals surface area (Å²) in [7, 11) is -3.42. The van der Waals surface area contributed by atoms with E-state index in [1.165, 1.54) is 4.31 Å². The number of sulfonamides is 1. The van der Waals surface area contributed by atoms with Crippen LogP contribution in [-0.4, -0.2) is 55.9 Å². The summed E-state index contributed by atoms with van der Waals surface area (Å²) < 4.78 is 30.1. The molecule has 6 nitrogen and oxygen atoms in total. The molecule has 7 heteroatoms. The van der Waals surface area contributed by atoms with E-state index in [-0.39, 0.29) is 31.3 Å². The monoisotopic (exact) mass is 279 g/mol. The third-order valence-corrected chi connectivity index (χ3v) is 4.84. The maximum atomic E-state index is 12.0. The highest BCUT2D eigenvalue weighted by Gasteiger charge is 2.28. The fourth-order valence-corrected chi connectivity index (χ4v) is 3.53. The molecule has 0 saturated carbocycles. The second-order valence-electron chi connectivity index (χ2n) is 4.42. The predicted molar refractivity (Wildman–Crippen MR) is 66.4 cm³/mol. The van der Waals surface area contributed by atoms with Crippen LogP contribution in [0.4, 0.5) is 0 Å². The van der Waals surface area contributed by atoms with Gasteiger partial charge in [-0.05, 0) is 25.7 Å². The molecule has 1 atom stereocenters. The number of piperidine rings is 1. The number of rotatable bonds is 6. The van der Waals surface area contributed by atoms with Crippen molar-refractivity contribution in [2.45, 2.75) is 26.2 Å². The Hall–Kier alpha value is -0.660. The molecule has 1 heterocycles. The number of nitrogens with zero attached hydrogens (tertiary/aromatic N) is 1. The average molecular weight is 279 g/mol. The number of aliphatic hydroxyl groups is 1. The Morgan fingerprint density at radius 2 is 2.22 bits per heavy atom. The molecule has 18 heavy (non-hydrogen) atoms. The molecule has 0 aromatic carbocycles. The van der Waals surface area contributed by atoms with Crippen LogP contribution < -0.4 is 0 Å². The molecule has 0 aliphatic carbocycles. The number of carbonyl (C=O) groups excluding carboxylic acids is 1. The summed E-state index contributed by atoms with van der Waals surface area (Å²) in [5, 5.41) is 9.07. The quantitative estimate of drug-likeness (QED) is 0.690. The van der Waals surface area contributed by atoms with Crippen LogP contribution in [0.5, 0.6) is 0 Å². The molecule has 0 aromatic heterocycles. The van der Waals surface area contributed by atoms with Crippen LogP contribution in [0, 0.1) is 5.92 Å². The van der Waals surface area contributed by atoms with Crippen molar-refractivity contribution < 1.29 is 23.1 Å². The smallest absolute Gasteiger partial charge is 0.306 e. The maximum absolute atomic E-state index is 12.0. The molecule has 0 aromatic rings. The van der Waals surface area contributed by atoms with Gasteiger partial charge >= 0.3 is 5.97 Å². The molecule has 1 saturated heterocycles. The first kappa shape index (κ1) is 15.4. The lowest BCUT2D eigenvalue weighted by molar-refractivity contribution is -0.142. The lowest BCUT2D eigenvalue weighted by atomic mass is 10.0. The zero-order valence-corrected chi connectivity index (χ0v) is 11.5. The van der Waals surface area contributed by atoms with Gasteiger partial charge in [-0.25, -0.2) is 12.7 Å². The number of carbonyl (C=O) groups is 1. The lowest BCUT2D eigenvalue weighted by Gasteiger charge is -2.30. The first-order valence-electron chi connectivity index (χ1n) is 6.24. The van der Waals surface area contributed by atoms with Crippen LogP contribution in [0.15, 0.2) is 0 Å². The van der Waals surface area contributed by atoms with Gasteiger partial charge in [0.1, 0.15) is 0 Å². The molecule has 1 aliphatic rings. The first-order valence-corrected chi connectivity index (χ1v) is 7.84. The fraction of sp³-hybridized carbons (Fsp3) is 0.909. The van der Waals surface area contributed by atoms with Crippen LogP contribution in [-0.2, 0) is 19.6 Å². The number of ether oxygens (including phenoxy) is 1. The van der Waals surface area contributed by atoms with Gasteiger partial charge < -0.3 is 9.84 Å². The van der Waals surface area contributed by atoms with E-state index in [0.717, 1.165) is 12.8 Å². The Labute approximate surface area is 108 Å². The van der Waals surface area contributed by atoms with Crippen LogP contribution in [0.25, 0.3) is 0 Å². The van der Waals surface area contributed by atoms with Gasteiger partial charge in [0, 0.05) is 19.7 Å². The molecule has 0 amide bonds. The topological polar surface area (TPSA) is 83.9 Å². The van der Waals surface area contributed by atoms with Gasteiger partial charge in [-0.3, -0.25) is 4.79 Å². The normalized spacial score (nSPS) is 21.8. The largest absolute Gasteiger partial charge is 0.466 e. The number of hydrogen-bond acceptors (Lipinski definition) is 5. The summed E-state index contributed by atoms with van der Waals surface area (Å²) in [5.74, 6) is -0.697. The fourth-order valence-electron chi connectivity index (χ4n) is 2.00. The van der Waals surface area contributed by atoms with E-state index in [2.05, 4.69) is 0 Å². The molecular weight excluding hydrogens is 258 g/mol. The standard InChI is InChI=1S/C11H21NO5S/c1-2-17-11(14)5-7-18(15,16)12-6-3-4-10(8-12)9-13/h10,13H,2-9H2,1H3. The molecule has 1 rings (SSSR count). The molecule has 1 unspecified atom stereocenters. The minimum Gasteiger partial charge on any atom is -0.466 e. The van der Waals surface area contributed by atoms with Crippen LogP contribution in [0.1, 0.15) is 26.2 Å². The van der Waals surface area contributed by atoms with Gasteiger partial charge in [0.15, 0.2) is 0 Å². The first-order chi connectivity index (χ1) is 8.49. The summed E-state index contributed by atoms with van der Waals surface area (Å²) in [6.07, 6.45) is 1.49. The molecule has 0 spiro atoms. The van der Waals surface area contributed by atoms with Crippen molar-refractivity contribution in [1.82, 2.24) is 4.31 Å². The van der Waals surface area contributed by atoms with Crippen LogP contribution in [0.3, 0.4) is 0 Å². The van der Waals surface area contributed by atoms with Gasteiger partial charge in [0.25, 0.3) is 0 Å². The van der Waals surface area contributed by atoms with Crippen molar-refractivity contribution in [3.05, 3.63) is 0 Å². The summed E-state index contributed by atoms with van der Waals surface area (Å²) >= 11 is 0. The van der Waals surface area contributed by atoms with E-state index in [1.807, 2.05) is 0 Å². The number of hydrogen-bond donors (Lipinski definition) is 1. The summed E-state index contributed by atoms with van der Waals surface area (Å²) in [6.45, 7) is 2.77. The summed E-state index contributed by atoms with van der Waals surface area (Å²) in [5.41, 5.74) is 0. The maximum Gasteiger partial charge on any atom is 0.306 e. The van der Waals surface area contributed by atoms with E-state index >= 15 is 0 Å². The van der Waals surface area contributed by atoms with Gasteiger partial charge in [-0.15, -0.1) is 0 Å². The molecule has 1 aliphatic heterocycles. The SMILES string of the molecule is CCOC(=O)CCS(=O)(=O)N1CCCC(CO)C1. The molecule has 1 fully saturated rings. The van der Waals surface area contributed by atoms with Crippen molar-refractivity contribution in [3.63, 3.8) is 0 Å². The van der Waals surface area contributed by atoms with Gasteiger partial charge in [-0.2, -0.15) is 0 Å². The van der Waals surface area contributed by atoms with Gasteiger partial charge in [0.2, 0.25) is 10.0 Å². The van der Waals surface area contributed by atoms with E-state index < -0.39 is 16.0 Å². The minimum atomic E-state index is -3.42. The Bertz CT molecular complexity index is 368. The van der Waals surface area contributed by atoms with Crippen molar-refractivity contribution >= 4 is 16.0 Å². The van der Waals surface area contributed by atoms with Crippen molar-refractivity contribution in [2.24, 2.45) is 5.92 Å². The number of aliphatic hydroxyl groups excluding tert-OH is 1. The Morgan fingerprint density at radius 3 is 2.83 bits per heavy atom. The predicted octanol–water partition coefficient (Wildman–Crippen LogP) is -0.0263. The number of esters is 1. The van der Waals surface area contributed by atoms with Gasteiger partial charge in [0.05, 0.1) is 18.8 Å². The highest BCUT2D eigenvalue weighted by molar-refractivity contribution is 7.89. The van der Waals surface area contributed by atoms with E-state index in [1.54, 1.807) is 6.92 Å². The summed E-state index contributed by atoms with van der Waals surface area (Å²) in [6, 6.07) is 0. The second kappa shape index (κ2) is 7.06. The highest BCUT2D eigenvalue weighted by atomic mass is 32.2. The Kier molecular flexibility index (Phi) is 6.04. The molecule has 106 valence electrons. The van der Waals surface area contributed by atoms with Crippen molar-refractivity contribution in [2.75, 3.05) is 32.1 Å². The van der Waals surface area contributed by atoms with Crippen molar-refractivity contribution in [1.29, 1.82) is 0 Å². The lowest BCUT2D eigenvalue weighted by Crippen LogP contribution is -2.42. The zero-order valence-electron chi connectivity index (χ0n) is 10.7. The molecule has 0 radical (unpaired) electrons.